The van der Waals surface area contributed by atoms with Crippen molar-refractivity contribution in [3.63, 3.8) is 0 Å². The molecule has 0 radical (unpaired) electrons. The maximum atomic E-state index is 11.9. The third-order valence-corrected chi connectivity index (χ3v) is 2.74. The molecule has 5 heteroatoms. The summed E-state index contributed by atoms with van der Waals surface area (Å²) in [6, 6.07) is 5.19. The fourth-order valence-electron chi connectivity index (χ4n) is 1.84. The lowest BCUT2D eigenvalue weighted by Gasteiger charge is -2.13. The smallest absolute Gasteiger partial charge is 0.338 e. The van der Waals surface area contributed by atoms with E-state index >= 15 is 0 Å². The molecule has 0 amide bonds. The molecule has 110 valence electrons. The topological polar surface area (TPSA) is 61.8 Å². The maximum absolute atomic E-state index is 11.9. The van der Waals surface area contributed by atoms with Gasteiger partial charge in [0.25, 0.3) is 0 Å². The summed E-state index contributed by atoms with van der Waals surface area (Å²) in [6.07, 6.45) is 0.560. The molecule has 0 aliphatic carbocycles. The van der Waals surface area contributed by atoms with Gasteiger partial charge in [0, 0.05) is 12.0 Å². The Balaban J connectivity index is 3.05. The standard InChI is InChI=1S/C15H20O5/c1-4-19-13-8-6-7-12(15(17)20-5-2)11(13)9-10-14(16)18-3/h6-8H,4-5,9-10H2,1-3H3. The van der Waals surface area contributed by atoms with Gasteiger partial charge in [-0.2, -0.15) is 0 Å². The van der Waals surface area contributed by atoms with Crippen molar-refractivity contribution in [2.75, 3.05) is 20.3 Å². The van der Waals surface area contributed by atoms with Crippen molar-refractivity contribution in [3.05, 3.63) is 29.3 Å². The van der Waals surface area contributed by atoms with Crippen LogP contribution in [0.2, 0.25) is 0 Å². The molecule has 1 rings (SSSR count). The zero-order valence-corrected chi connectivity index (χ0v) is 12.1. The lowest BCUT2D eigenvalue weighted by molar-refractivity contribution is -0.140. The summed E-state index contributed by atoms with van der Waals surface area (Å²) < 4.78 is 15.2. The van der Waals surface area contributed by atoms with Crippen LogP contribution in [0, 0.1) is 0 Å². The number of carbonyl (C=O) groups excluding carboxylic acids is 2. The lowest BCUT2D eigenvalue weighted by atomic mass is 10.0. The Kier molecular flexibility index (Phi) is 6.56. The summed E-state index contributed by atoms with van der Waals surface area (Å²) in [5.74, 6) is -0.137. The number of rotatable bonds is 7. The first kappa shape index (κ1) is 16.0. The molecule has 0 aromatic heterocycles. The van der Waals surface area contributed by atoms with E-state index in [4.69, 9.17) is 9.47 Å². The first-order chi connectivity index (χ1) is 9.63. The molecule has 0 N–H and O–H groups in total. The second-order valence-electron chi connectivity index (χ2n) is 4.01. The number of carbonyl (C=O) groups is 2. The maximum Gasteiger partial charge on any atom is 0.338 e. The van der Waals surface area contributed by atoms with Gasteiger partial charge < -0.3 is 14.2 Å². The normalized spacial score (nSPS) is 9.95. The number of methoxy groups -OCH3 is 1. The molecule has 0 aliphatic rings. The van der Waals surface area contributed by atoms with Crippen LogP contribution in [0.4, 0.5) is 0 Å². The summed E-state index contributed by atoms with van der Waals surface area (Å²) in [7, 11) is 1.34. The molecule has 0 bridgehead atoms. The van der Waals surface area contributed by atoms with Gasteiger partial charge in [0.2, 0.25) is 0 Å². The van der Waals surface area contributed by atoms with Crippen molar-refractivity contribution in [3.8, 4) is 5.75 Å². The number of esters is 2. The van der Waals surface area contributed by atoms with E-state index in [1.54, 1.807) is 25.1 Å². The quantitative estimate of drug-likeness (QED) is 0.717. The van der Waals surface area contributed by atoms with E-state index in [1.807, 2.05) is 6.92 Å². The van der Waals surface area contributed by atoms with Crippen LogP contribution in [0.5, 0.6) is 5.75 Å². The molecular formula is C15H20O5. The van der Waals surface area contributed by atoms with Crippen LogP contribution in [0.1, 0.15) is 36.2 Å². The molecule has 0 unspecified atom stereocenters. The van der Waals surface area contributed by atoms with E-state index in [1.165, 1.54) is 7.11 Å². The van der Waals surface area contributed by atoms with E-state index < -0.39 is 5.97 Å². The SMILES string of the molecule is CCOC(=O)c1cccc(OCC)c1CCC(=O)OC. The average Bonchev–Trinajstić information content (AvgIpc) is 2.45. The molecule has 0 saturated carbocycles. The van der Waals surface area contributed by atoms with Crippen molar-refractivity contribution in [1.29, 1.82) is 0 Å². The molecule has 0 spiro atoms. The summed E-state index contributed by atoms with van der Waals surface area (Å²) in [5.41, 5.74) is 1.11. The Labute approximate surface area is 118 Å². The summed E-state index contributed by atoms with van der Waals surface area (Å²) >= 11 is 0. The van der Waals surface area contributed by atoms with Crippen LogP contribution in [-0.2, 0) is 20.7 Å². The number of hydrogen-bond donors (Lipinski definition) is 0. The minimum atomic E-state index is -0.408. The van der Waals surface area contributed by atoms with Crippen LogP contribution in [0.15, 0.2) is 18.2 Å². The number of ether oxygens (including phenoxy) is 3. The predicted octanol–water partition coefficient (Wildman–Crippen LogP) is 2.37. The van der Waals surface area contributed by atoms with Crippen LogP contribution < -0.4 is 4.74 Å². The highest BCUT2D eigenvalue weighted by Crippen LogP contribution is 2.25. The molecule has 0 fully saturated rings. The molecule has 1 aromatic carbocycles. The van der Waals surface area contributed by atoms with Gasteiger partial charge in [-0.05, 0) is 32.4 Å². The van der Waals surface area contributed by atoms with E-state index in [-0.39, 0.29) is 12.4 Å². The minimum Gasteiger partial charge on any atom is -0.494 e. The second-order valence-corrected chi connectivity index (χ2v) is 4.01. The van der Waals surface area contributed by atoms with Crippen molar-refractivity contribution in [2.45, 2.75) is 26.7 Å². The number of hydrogen-bond acceptors (Lipinski definition) is 5. The molecule has 1 aromatic rings. The minimum absolute atomic E-state index is 0.187. The molecule has 0 atom stereocenters. The van der Waals surface area contributed by atoms with Gasteiger partial charge >= 0.3 is 11.9 Å². The van der Waals surface area contributed by atoms with Crippen LogP contribution in [-0.4, -0.2) is 32.3 Å². The third kappa shape index (κ3) is 4.26. The van der Waals surface area contributed by atoms with E-state index in [2.05, 4.69) is 4.74 Å². The average molecular weight is 280 g/mol. The Morgan fingerprint density at radius 1 is 1.15 bits per heavy atom. The Bertz CT molecular complexity index is 467. The highest BCUT2D eigenvalue weighted by atomic mass is 16.5. The molecular weight excluding hydrogens is 260 g/mol. The van der Waals surface area contributed by atoms with Crippen molar-refractivity contribution >= 4 is 11.9 Å². The van der Waals surface area contributed by atoms with Crippen LogP contribution in [0.3, 0.4) is 0 Å². The van der Waals surface area contributed by atoms with Gasteiger partial charge in [-0.3, -0.25) is 4.79 Å². The summed E-state index contributed by atoms with van der Waals surface area (Å²) in [6.45, 7) is 4.39. The summed E-state index contributed by atoms with van der Waals surface area (Å²) in [4.78, 5) is 23.2. The highest BCUT2D eigenvalue weighted by Gasteiger charge is 2.17. The van der Waals surface area contributed by atoms with Gasteiger partial charge in [-0.15, -0.1) is 0 Å². The fourth-order valence-corrected chi connectivity index (χ4v) is 1.84. The first-order valence-corrected chi connectivity index (χ1v) is 6.62. The van der Waals surface area contributed by atoms with Gasteiger partial charge in [-0.1, -0.05) is 6.07 Å². The van der Waals surface area contributed by atoms with Gasteiger partial charge in [0.15, 0.2) is 0 Å². The third-order valence-electron chi connectivity index (χ3n) is 2.74. The Hall–Kier alpha value is -2.04. The largest absolute Gasteiger partial charge is 0.494 e. The monoisotopic (exact) mass is 280 g/mol. The van der Waals surface area contributed by atoms with Crippen LogP contribution in [0.25, 0.3) is 0 Å². The van der Waals surface area contributed by atoms with Gasteiger partial charge in [-0.25, -0.2) is 4.79 Å². The molecule has 5 nitrogen and oxygen atoms in total. The zero-order chi connectivity index (χ0) is 15.0. The van der Waals surface area contributed by atoms with E-state index in [0.717, 1.165) is 0 Å². The van der Waals surface area contributed by atoms with Crippen molar-refractivity contribution < 1.29 is 23.8 Å². The number of benzene rings is 1. The van der Waals surface area contributed by atoms with E-state index in [0.29, 0.717) is 36.5 Å². The Morgan fingerprint density at radius 3 is 2.50 bits per heavy atom. The fraction of sp³-hybridized carbons (Fsp3) is 0.467. The highest BCUT2D eigenvalue weighted by molar-refractivity contribution is 5.92. The molecule has 20 heavy (non-hydrogen) atoms. The summed E-state index contributed by atoms with van der Waals surface area (Å²) in [5, 5.41) is 0. The Morgan fingerprint density at radius 2 is 1.90 bits per heavy atom. The van der Waals surface area contributed by atoms with Crippen molar-refractivity contribution in [2.24, 2.45) is 0 Å². The first-order valence-electron chi connectivity index (χ1n) is 6.62. The molecule has 0 aliphatic heterocycles. The van der Waals surface area contributed by atoms with E-state index in [9.17, 15) is 9.59 Å². The predicted molar refractivity (Wildman–Crippen MR) is 73.9 cm³/mol. The molecule has 0 saturated heterocycles. The lowest BCUT2D eigenvalue weighted by Crippen LogP contribution is -2.11. The van der Waals surface area contributed by atoms with Gasteiger partial charge in [0.05, 0.1) is 25.9 Å². The van der Waals surface area contributed by atoms with Gasteiger partial charge in [0.1, 0.15) is 5.75 Å². The second kappa shape index (κ2) is 8.19. The van der Waals surface area contributed by atoms with Crippen LogP contribution >= 0.6 is 0 Å². The molecule has 0 heterocycles. The zero-order valence-electron chi connectivity index (χ0n) is 12.1. The van der Waals surface area contributed by atoms with Crippen molar-refractivity contribution in [1.82, 2.24) is 0 Å².